The lowest BCUT2D eigenvalue weighted by Crippen LogP contribution is -2.41. The van der Waals surface area contributed by atoms with Crippen molar-refractivity contribution < 1.29 is 28.9 Å². The molecule has 7 nitrogen and oxygen atoms in total. The summed E-state index contributed by atoms with van der Waals surface area (Å²) in [5.74, 6) is -0.756. The second-order valence-electron chi connectivity index (χ2n) is 3.48. The molecule has 0 fully saturated rings. The van der Waals surface area contributed by atoms with Gasteiger partial charge in [0.15, 0.2) is 6.10 Å². The minimum atomic E-state index is -1.36. The first kappa shape index (κ1) is 17.4. The fraction of sp³-hybridized carbons (Fsp3) is 0.667. The molecule has 0 radical (unpaired) electrons. The minimum Gasteiger partial charge on any atom is -0.464 e. The van der Waals surface area contributed by atoms with E-state index in [2.05, 4.69) is 16.6 Å². The summed E-state index contributed by atoms with van der Waals surface area (Å²) in [4.78, 5) is 22.6. The van der Waals surface area contributed by atoms with Gasteiger partial charge in [-0.2, -0.15) is 0 Å². The van der Waals surface area contributed by atoms with Crippen LogP contribution in [0, 0.1) is 0 Å². The normalized spacial score (nSPS) is 13.2. The smallest absolute Gasteiger partial charge is 0.409 e. The number of carbonyl (C=O) groups is 2. The van der Waals surface area contributed by atoms with Crippen LogP contribution in [0.2, 0.25) is 0 Å². The van der Waals surface area contributed by atoms with Gasteiger partial charge in [-0.15, -0.1) is 0 Å². The molecule has 19 heavy (non-hydrogen) atoms. The van der Waals surface area contributed by atoms with Crippen LogP contribution in [-0.2, 0) is 19.0 Å². The fourth-order valence-corrected chi connectivity index (χ4v) is 1.21. The third-order valence-corrected chi connectivity index (χ3v) is 1.97. The number of rotatable bonds is 9. The third kappa shape index (κ3) is 8.17. The fourth-order valence-electron chi connectivity index (χ4n) is 1.21. The first-order chi connectivity index (χ1) is 9.04. The van der Waals surface area contributed by atoms with Gasteiger partial charge in [-0.1, -0.05) is 12.7 Å². The average molecular weight is 275 g/mol. The van der Waals surface area contributed by atoms with Gasteiger partial charge in [0.2, 0.25) is 0 Å². The number of esters is 1. The lowest BCUT2D eigenvalue weighted by atomic mass is 10.2. The van der Waals surface area contributed by atoms with Crippen molar-refractivity contribution in [3.8, 4) is 0 Å². The Bertz CT molecular complexity index is 294. The second-order valence-corrected chi connectivity index (χ2v) is 3.48. The van der Waals surface area contributed by atoms with Crippen LogP contribution in [0.4, 0.5) is 4.79 Å². The van der Waals surface area contributed by atoms with Crippen molar-refractivity contribution in [1.29, 1.82) is 0 Å². The van der Waals surface area contributed by atoms with E-state index in [1.807, 2.05) is 0 Å². The largest absolute Gasteiger partial charge is 0.464 e. The monoisotopic (exact) mass is 275 g/mol. The van der Waals surface area contributed by atoms with E-state index in [1.165, 1.54) is 6.08 Å². The topological polar surface area (TPSA) is 94.1 Å². The van der Waals surface area contributed by atoms with Crippen molar-refractivity contribution in [2.24, 2.45) is 0 Å². The molecule has 0 spiro atoms. The molecule has 0 rings (SSSR count). The highest BCUT2D eigenvalue weighted by atomic mass is 16.6. The van der Waals surface area contributed by atoms with Crippen LogP contribution < -0.4 is 5.32 Å². The molecule has 7 heteroatoms. The number of nitrogens with one attached hydrogen (secondary N) is 1. The summed E-state index contributed by atoms with van der Waals surface area (Å²) in [6, 6.07) is 0. The Balaban J connectivity index is 4.27. The molecule has 0 aromatic heterocycles. The molecule has 2 unspecified atom stereocenters. The highest BCUT2D eigenvalue weighted by Gasteiger charge is 2.23. The first-order valence-electron chi connectivity index (χ1n) is 6.05. The van der Waals surface area contributed by atoms with E-state index in [4.69, 9.17) is 9.47 Å². The standard InChI is InChI=1S/C12H21NO6/c1-4-7-19-12(16)13-10(17-5-2)8-9(14)11(15)18-6-3/h4,9-10,14H,1,5-8H2,2-3H3,(H,13,16). The van der Waals surface area contributed by atoms with E-state index in [0.717, 1.165) is 0 Å². The molecule has 0 aromatic carbocycles. The number of carbonyl (C=O) groups excluding carboxylic acids is 2. The van der Waals surface area contributed by atoms with Crippen LogP contribution in [0.1, 0.15) is 20.3 Å². The van der Waals surface area contributed by atoms with Gasteiger partial charge in [0.25, 0.3) is 0 Å². The Morgan fingerprint density at radius 2 is 2.00 bits per heavy atom. The van der Waals surface area contributed by atoms with Crippen LogP contribution in [0.3, 0.4) is 0 Å². The molecule has 0 aliphatic rings. The Labute approximate surface area is 112 Å². The SMILES string of the molecule is C=CCOC(=O)NC(CC(O)C(=O)OCC)OCC. The van der Waals surface area contributed by atoms with E-state index in [1.54, 1.807) is 13.8 Å². The average Bonchev–Trinajstić information content (AvgIpc) is 2.36. The summed E-state index contributed by atoms with van der Waals surface area (Å²) < 4.78 is 14.5. The van der Waals surface area contributed by atoms with Gasteiger partial charge in [0, 0.05) is 13.0 Å². The molecule has 0 aliphatic carbocycles. The number of amides is 1. The van der Waals surface area contributed by atoms with E-state index < -0.39 is 24.4 Å². The van der Waals surface area contributed by atoms with Gasteiger partial charge in [-0.3, -0.25) is 5.32 Å². The Kier molecular flexibility index (Phi) is 9.46. The van der Waals surface area contributed by atoms with Gasteiger partial charge in [0.1, 0.15) is 12.8 Å². The lowest BCUT2D eigenvalue weighted by molar-refractivity contribution is -0.155. The number of hydrogen-bond donors (Lipinski definition) is 2. The van der Waals surface area contributed by atoms with Crippen molar-refractivity contribution in [2.75, 3.05) is 19.8 Å². The van der Waals surface area contributed by atoms with Gasteiger partial charge in [-0.05, 0) is 13.8 Å². The highest BCUT2D eigenvalue weighted by molar-refractivity contribution is 5.74. The Hall–Kier alpha value is -1.60. The molecule has 2 N–H and O–H groups in total. The van der Waals surface area contributed by atoms with Crippen LogP contribution in [0.15, 0.2) is 12.7 Å². The number of aliphatic hydroxyl groups excluding tert-OH is 1. The molecule has 1 amide bonds. The highest BCUT2D eigenvalue weighted by Crippen LogP contribution is 2.03. The van der Waals surface area contributed by atoms with E-state index in [-0.39, 0.29) is 19.6 Å². The molecule has 0 aromatic rings. The summed E-state index contributed by atoms with van der Waals surface area (Å²) in [5.41, 5.74) is 0. The molecule has 0 heterocycles. The maximum atomic E-state index is 11.3. The quantitative estimate of drug-likeness (QED) is 0.363. The van der Waals surface area contributed by atoms with Crippen LogP contribution >= 0.6 is 0 Å². The Morgan fingerprint density at radius 1 is 1.32 bits per heavy atom. The predicted molar refractivity (Wildman–Crippen MR) is 67.4 cm³/mol. The summed E-state index contributed by atoms with van der Waals surface area (Å²) in [6.07, 6.45) is -1.61. The molecular weight excluding hydrogens is 254 g/mol. The van der Waals surface area contributed by atoms with Crippen molar-refractivity contribution in [3.63, 3.8) is 0 Å². The van der Waals surface area contributed by atoms with Crippen LogP contribution in [0.5, 0.6) is 0 Å². The van der Waals surface area contributed by atoms with Crippen molar-refractivity contribution >= 4 is 12.1 Å². The van der Waals surface area contributed by atoms with Crippen LogP contribution in [0.25, 0.3) is 0 Å². The van der Waals surface area contributed by atoms with Crippen LogP contribution in [-0.4, -0.2) is 49.3 Å². The minimum absolute atomic E-state index is 0.0606. The second kappa shape index (κ2) is 10.3. The maximum absolute atomic E-state index is 11.3. The molecule has 2 atom stereocenters. The predicted octanol–water partition coefficient (Wildman–Crippen LogP) is 0.575. The lowest BCUT2D eigenvalue weighted by Gasteiger charge is -2.20. The summed E-state index contributed by atoms with van der Waals surface area (Å²) >= 11 is 0. The van der Waals surface area contributed by atoms with Gasteiger partial charge in [-0.25, -0.2) is 9.59 Å². The third-order valence-electron chi connectivity index (χ3n) is 1.97. The molecule has 0 saturated carbocycles. The van der Waals surface area contributed by atoms with Crippen molar-refractivity contribution in [1.82, 2.24) is 5.32 Å². The molecule has 0 bridgehead atoms. The van der Waals surface area contributed by atoms with E-state index in [0.29, 0.717) is 6.61 Å². The van der Waals surface area contributed by atoms with E-state index >= 15 is 0 Å². The zero-order chi connectivity index (χ0) is 14.7. The van der Waals surface area contributed by atoms with Gasteiger partial charge < -0.3 is 19.3 Å². The van der Waals surface area contributed by atoms with Crippen molar-refractivity contribution in [3.05, 3.63) is 12.7 Å². The zero-order valence-electron chi connectivity index (χ0n) is 11.3. The molecule has 0 aliphatic heterocycles. The van der Waals surface area contributed by atoms with Gasteiger partial charge >= 0.3 is 12.1 Å². The number of hydrogen-bond acceptors (Lipinski definition) is 6. The Morgan fingerprint density at radius 3 is 2.53 bits per heavy atom. The molecular formula is C12H21NO6. The maximum Gasteiger partial charge on any atom is 0.409 e. The number of aliphatic hydroxyl groups is 1. The molecule has 0 saturated heterocycles. The number of alkyl carbamates (subject to hydrolysis) is 1. The zero-order valence-corrected chi connectivity index (χ0v) is 11.3. The van der Waals surface area contributed by atoms with Crippen molar-refractivity contribution in [2.45, 2.75) is 32.6 Å². The van der Waals surface area contributed by atoms with Gasteiger partial charge in [0.05, 0.1) is 6.61 Å². The van der Waals surface area contributed by atoms with E-state index in [9.17, 15) is 14.7 Å². The number of ether oxygens (including phenoxy) is 3. The molecule has 110 valence electrons. The summed E-state index contributed by atoms with van der Waals surface area (Å²) in [7, 11) is 0. The summed E-state index contributed by atoms with van der Waals surface area (Å²) in [6.45, 7) is 7.30. The first-order valence-corrected chi connectivity index (χ1v) is 6.05. The summed E-state index contributed by atoms with van der Waals surface area (Å²) in [5, 5.41) is 12.0.